The largest absolute Gasteiger partial charge is 0.504 e. The third kappa shape index (κ3) is 4.70. The molecule has 0 aliphatic carbocycles. The number of methoxy groups -OCH3 is 2. The van der Waals surface area contributed by atoms with Crippen LogP contribution in [0.5, 0.6) is 11.5 Å². The number of phenolic OH excluding ortho intramolecular Hbond substituents is 1. The number of rotatable bonds is 8. The second-order valence-corrected chi connectivity index (χ2v) is 10.4. The third-order valence-electron chi connectivity index (χ3n) is 5.99. The standard InChI is InChI=1S/C25H30N2O6S/c1-7-8-9-14(2)16-12-15(20(29)17(13-16)32-5)10-11-18(28)26-19-22(30)27-21(24(31)33-6)25(3,4)34-23(19)27/h7-14,19,21,23,29H,1H2,2-6H3,(H,26,28)/b9-8+,11-10+/t14?,19-,21+,23-/m1/s1. The van der Waals surface area contributed by atoms with E-state index in [4.69, 9.17) is 9.47 Å². The Morgan fingerprint density at radius 1 is 1.32 bits per heavy atom. The van der Waals surface area contributed by atoms with Crippen molar-refractivity contribution in [3.05, 3.63) is 54.1 Å². The molecule has 2 aliphatic rings. The van der Waals surface area contributed by atoms with Crippen molar-refractivity contribution in [1.82, 2.24) is 10.2 Å². The number of carbonyl (C=O) groups is 3. The van der Waals surface area contributed by atoms with Crippen LogP contribution in [0.15, 0.2) is 43.0 Å². The second kappa shape index (κ2) is 9.97. The average Bonchev–Trinajstić information content (AvgIpc) is 3.07. The van der Waals surface area contributed by atoms with Gasteiger partial charge in [-0.2, -0.15) is 0 Å². The van der Waals surface area contributed by atoms with Crippen molar-refractivity contribution >= 4 is 35.6 Å². The van der Waals surface area contributed by atoms with Gasteiger partial charge in [0.2, 0.25) is 11.8 Å². The van der Waals surface area contributed by atoms with E-state index in [9.17, 15) is 19.5 Å². The number of aromatic hydroxyl groups is 1. The van der Waals surface area contributed by atoms with Gasteiger partial charge in [0.1, 0.15) is 17.5 Å². The van der Waals surface area contributed by atoms with Crippen molar-refractivity contribution in [2.45, 2.75) is 48.9 Å². The minimum Gasteiger partial charge on any atom is -0.504 e. The summed E-state index contributed by atoms with van der Waals surface area (Å²) in [5.41, 5.74) is 1.29. The molecule has 0 radical (unpaired) electrons. The molecule has 182 valence electrons. The van der Waals surface area contributed by atoms with E-state index in [1.807, 2.05) is 32.9 Å². The number of fused-ring (bicyclic) bond motifs is 1. The third-order valence-corrected chi connectivity index (χ3v) is 7.56. The van der Waals surface area contributed by atoms with Crippen LogP contribution in [0, 0.1) is 0 Å². The SMILES string of the molecule is C=C/C=C/C(C)c1cc(/C=C/C(=O)N[C@@H]2C(=O)N3[C@@H]2SC(C)(C)[C@@H]3C(=O)OC)c(O)c(OC)c1. The zero-order valence-electron chi connectivity index (χ0n) is 19.9. The van der Waals surface area contributed by atoms with Crippen molar-refractivity contribution in [3.63, 3.8) is 0 Å². The Hall–Kier alpha value is -3.20. The number of esters is 1. The molecule has 0 aromatic heterocycles. The molecule has 3 rings (SSSR count). The zero-order chi connectivity index (χ0) is 25.2. The lowest BCUT2D eigenvalue weighted by atomic mass is 9.96. The molecule has 1 aromatic rings. The lowest BCUT2D eigenvalue weighted by molar-refractivity contribution is -0.162. The van der Waals surface area contributed by atoms with Gasteiger partial charge < -0.3 is 24.8 Å². The van der Waals surface area contributed by atoms with Gasteiger partial charge in [-0.15, -0.1) is 11.8 Å². The van der Waals surface area contributed by atoms with Crippen molar-refractivity contribution in [1.29, 1.82) is 0 Å². The number of β-lactam (4-membered cyclic amide) rings is 1. The Labute approximate surface area is 203 Å². The van der Waals surface area contributed by atoms with Gasteiger partial charge in [0.15, 0.2) is 11.5 Å². The second-order valence-electron chi connectivity index (χ2n) is 8.67. The number of hydrogen-bond donors (Lipinski definition) is 2. The number of phenols is 1. The fourth-order valence-corrected chi connectivity index (χ4v) is 5.78. The first-order valence-electron chi connectivity index (χ1n) is 10.8. The topological polar surface area (TPSA) is 105 Å². The molecule has 1 unspecified atom stereocenters. The summed E-state index contributed by atoms with van der Waals surface area (Å²) >= 11 is 1.45. The maximum absolute atomic E-state index is 12.7. The van der Waals surface area contributed by atoms with Crippen molar-refractivity contribution in [2.75, 3.05) is 14.2 Å². The van der Waals surface area contributed by atoms with Crippen LogP contribution >= 0.6 is 11.8 Å². The van der Waals surface area contributed by atoms with Crippen molar-refractivity contribution in [2.24, 2.45) is 0 Å². The zero-order valence-corrected chi connectivity index (χ0v) is 20.7. The van der Waals surface area contributed by atoms with Gasteiger partial charge in [0.05, 0.1) is 14.2 Å². The van der Waals surface area contributed by atoms with E-state index in [1.54, 1.807) is 18.2 Å². The summed E-state index contributed by atoms with van der Waals surface area (Å²) in [6, 6.07) is 2.07. The molecule has 2 aliphatic heterocycles. The lowest BCUT2D eigenvalue weighted by Crippen LogP contribution is -2.70. The number of amides is 2. The van der Waals surface area contributed by atoms with Crippen molar-refractivity contribution in [3.8, 4) is 11.5 Å². The predicted octanol–water partition coefficient (Wildman–Crippen LogP) is 2.98. The van der Waals surface area contributed by atoms with E-state index < -0.39 is 28.7 Å². The molecule has 0 spiro atoms. The monoisotopic (exact) mass is 486 g/mol. The number of nitrogens with one attached hydrogen (secondary N) is 1. The van der Waals surface area contributed by atoms with E-state index in [-0.39, 0.29) is 22.9 Å². The number of carbonyl (C=O) groups excluding carboxylic acids is 3. The summed E-state index contributed by atoms with van der Waals surface area (Å²) < 4.78 is 9.60. The first-order chi connectivity index (χ1) is 16.0. The smallest absolute Gasteiger partial charge is 0.330 e. The highest BCUT2D eigenvalue weighted by Gasteiger charge is 2.64. The summed E-state index contributed by atoms with van der Waals surface area (Å²) in [7, 11) is 2.75. The van der Waals surface area contributed by atoms with E-state index >= 15 is 0 Å². The van der Waals surface area contributed by atoms with Crippen LogP contribution in [0.4, 0.5) is 0 Å². The summed E-state index contributed by atoms with van der Waals surface area (Å²) in [6.45, 7) is 9.40. The normalized spacial score (nSPS) is 24.0. The summed E-state index contributed by atoms with van der Waals surface area (Å²) in [5, 5.41) is 12.9. The highest BCUT2D eigenvalue weighted by Crippen LogP contribution is 2.51. The molecule has 2 fully saturated rings. The van der Waals surface area contributed by atoms with Crippen LogP contribution in [0.1, 0.15) is 37.8 Å². The number of nitrogens with zero attached hydrogens (tertiary/aromatic N) is 1. The summed E-state index contributed by atoms with van der Waals surface area (Å²) in [4.78, 5) is 39.0. The van der Waals surface area contributed by atoms with Crippen LogP contribution in [0.3, 0.4) is 0 Å². The fraction of sp³-hybridized carbons (Fsp3) is 0.400. The van der Waals surface area contributed by atoms with Crippen LogP contribution in [-0.2, 0) is 19.1 Å². The maximum Gasteiger partial charge on any atom is 0.330 e. The minimum atomic E-state index is -0.741. The van der Waals surface area contributed by atoms with Gasteiger partial charge in [-0.1, -0.05) is 31.7 Å². The Kier molecular flexibility index (Phi) is 7.45. The number of ether oxygens (including phenoxy) is 2. The first kappa shape index (κ1) is 25.4. The minimum absolute atomic E-state index is 0.0255. The predicted molar refractivity (Wildman–Crippen MR) is 131 cm³/mol. The molecule has 8 nitrogen and oxygen atoms in total. The van der Waals surface area contributed by atoms with Gasteiger partial charge in [-0.25, -0.2) is 4.79 Å². The molecular formula is C25H30N2O6S. The van der Waals surface area contributed by atoms with E-state index in [0.29, 0.717) is 11.3 Å². The Morgan fingerprint density at radius 3 is 2.65 bits per heavy atom. The van der Waals surface area contributed by atoms with E-state index in [0.717, 1.165) is 5.56 Å². The number of thioether (sulfide) groups is 1. The Balaban J connectivity index is 1.75. The molecule has 0 saturated carbocycles. The van der Waals surface area contributed by atoms with Crippen LogP contribution in [-0.4, -0.2) is 64.2 Å². The van der Waals surface area contributed by atoms with E-state index in [2.05, 4.69) is 11.9 Å². The molecule has 4 atom stereocenters. The van der Waals surface area contributed by atoms with Gasteiger partial charge in [0, 0.05) is 16.4 Å². The summed E-state index contributed by atoms with van der Waals surface area (Å²) in [5.74, 6) is -1.05. The van der Waals surface area contributed by atoms with Gasteiger partial charge >= 0.3 is 5.97 Å². The molecule has 34 heavy (non-hydrogen) atoms. The quantitative estimate of drug-likeness (QED) is 0.252. The van der Waals surface area contributed by atoms with Gasteiger partial charge in [0.25, 0.3) is 0 Å². The molecular weight excluding hydrogens is 456 g/mol. The summed E-state index contributed by atoms with van der Waals surface area (Å²) in [6.07, 6.45) is 8.21. The fourth-order valence-electron chi connectivity index (χ4n) is 4.16. The first-order valence-corrected chi connectivity index (χ1v) is 11.7. The lowest BCUT2D eigenvalue weighted by Gasteiger charge is -2.43. The molecule has 9 heteroatoms. The molecule has 2 saturated heterocycles. The molecule has 0 bridgehead atoms. The molecule has 1 aromatic carbocycles. The highest BCUT2D eigenvalue weighted by molar-refractivity contribution is 8.01. The van der Waals surface area contributed by atoms with Crippen LogP contribution in [0.2, 0.25) is 0 Å². The van der Waals surface area contributed by atoms with Crippen LogP contribution in [0.25, 0.3) is 6.08 Å². The Morgan fingerprint density at radius 2 is 2.03 bits per heavy atom. The van der Waals surface area contributed by atoms with E-state index in [1.165, 1.54) is 43.0 Å². The molecule has 2 heterocycles. The Bertz CT molecular complexity index is 1060. The van der Waals surface area contributed by atoms with Crippen LogP contribution < -0.4 is 10.1 Å². The van der Waals surface area contributed by atoms with Gasteiger partial charge in [-0.05, 0) is 43.5 Å². The van der Waals surface area contributed by atoms with Gasteiger partial charge in [-0.3, -0.25) is 9.59 Å². The molecule has 2 amide bonds. The highest BCUT2D eigenvalue weighted by atomic mass is 32.2. The maximum atomic E-state index is 12.7. The number of hydrogen-bond acceptors (Lipinski definition) is 7. The molecule has 2 N–H and O–H groups in total. The average molecular weight is 487 g/mol. The number of allylic oxidation sites excluding steroid dienone is 3. The van der Waals surface area contributed by atoms with Crippen molar-refractivity contribution < 1.29 is 29.0 Å². The number of benzene rings is 1.